The van der Waals surface area contributed by atoms with E-state index in [1.807, 2.05) is 26.0 Å². The Kier molecular flexibility index (Phi) is 7.58. The number of esters is 1. The normalized spacial score (nSPS) is 13.5. The molecule has 0 spiro atoms. The van der Waals surface area contributed by atoms with Crippen LogP contribution in [0.4, 0.5) is 0 Å². The minimum absolute atomic E-state index is 0.108. The van der Waals surface area contributed by atoms with Crippen LogP contribution < -0.4 is 0 Å². The van der Waals surface area contributed by atoms with Gasteiger partial charge in [-0.05, 0) is 24.8 Å². The summed E-state index contributed by atoms with van der Waals surface area (Å²) < 4.78 is 5.13. The number of carbonyl (C=O) groups is 1. The Morgan fingerprint density at radius 1 is 1.50 bits per heavy atom. The predicted octanol–water partition coefficient (Wildman–Crippen LogP) is 3.15. The van der Waals surface area contributed by atoms with E-state index in [1.54, 1.807) is 0 Å². The number of hydrogen-bond acceptors (Lipinski definition) is 2. The van der Waals surface area contributed by atoms with E-state index >= 15 is 0 Å². The van der Waals surface area contributed by atoms with Crippen molar-refractivity contribution < 1.29 is 9.53 Å². The Bertz CT molecular complexity index is 188. The second kappa shape index (κ2) is 7.86. The van der Waals surface area contributed by atoms with Gasteiger partial charge in [0, 0.05) is 12.8 Å². The van der Waals surface area contributed by atoms with Crippen molar-refractivity contribution in [3.63, 3.8) is 0 Å². The molecule has 2 nitrogen and oxygen atoms in total. The van der Waals surface area contributed by atoms with E-state index in [1.165, 1.54) is 6.92 Å². The van der Waals surface area contributed by atoms with Crippen molar-refractivity contribution in [3.05, 3.63) is 12.2 Å². The molecule has 0 aliphatic carbocycles. The number of rotatable bonds is 6. The highest BCUT2D eigenvalue weighted by Crippen LogP contribution is 2.09. The molecule has 3 heteroatoms. The molecule has 0 aromatic carbocycles. The number of carbonyl (C=O) groups excluding carboxylic acids is 1. The number of halogens is 1. The zero-order valence-corrected chi connectivity index (χ0v) is 9.88. The van der Waals surface area contributed by atoms with E-state index in [-0.39, 0.29) is 12.1 Å². The fraction of sp³-hybridized carbons (Fsp3) is 0.727. The second-order valence-electron chi connectivity index (χ2n) is 3.58. The fourth-order valence-corrected chi connectivity index (χ4v) is 1.17. The van der Waals surface area contributed by atoms with Gasteiger partial charge in [0.1, 0.15) is 6.10 Å². The average molecular weight is 219 g/mol. The van der Waals surface area contributed by atoms with Gasteiger partial charge in [0.15, 0.2) is 0 Å². The number of allylic oxidation sites excluding steroid dienone is 1. The third-order valence-corrected chi connectivity index (χ3v) is 2.06. The third-order valence-electron chi connectivity index (χ3n) is 1.79. The van der Waals surface area contributed by atoms with Crippen LogP contribution >= 0.6 is 11.6 Å². The van der Waals surface area contributed by atoms with Gasteiger partial charge in [-0.15, -0.1) is 11.6 Å². The van der Waals surface area contributed by atoms with Gasteiger partial charge in [0.2, 0.25) is 0 Å². The lowest BCUT2D eigenvalue weighted by Gasteiger charge is -2.16. The first-order valence-corrected chi connectivity index (χ1v) is 5.51. The molecule has 1 atom stereocenters. The van der Waals surface area contributed by atoms with Crippen molar-refractivity contribution in [1.82, 2.24) is 0 Å². The summed E-state index contributed by atoms with van der Waals surface area (Å²) in [5, 5.41) is 0. The largest absolute Gasteiger partial charge is 0.458 e. The monoisotopic (exact) mass is 218 g/mol. The van der Waals surface area contributed by atoms with Crippen molar-refractivity contribution in [3.8, 4) is 0 Å². The summed E-state index contributed by atoms with van der Waals surface area (Å²) in [4.78, 5) is 10.8. The van der Waals surface area contributed by atoms with Gasteiger partial charge < -0.3 is 4.74 Å². The van der Waals surface area contributed by atoms with Crippen molar-refractivity contribution >= 4 is 17.6 Å². The van der Waals surface area contributed by atoms with Crippen molar-refractivity contribution in [2.45, 2.75) is 39.7 Å². The van der Waals surface area contributed by atoms with Crippen molar-refractivity contribution in [2.24, 2.45) is 5.92 Å². The fourth-order valence-electron chi connectivity index (χ4n) is 1.01. The van der Waals surface area contributed by atoms with Gasteiger partial charge in [-0.25, -0.2) is 0 Å². The first kappa shape index (κ1) is 13.5. The highest BCUT2D eigenvalue weighted by molar-refractivity contribution is 6.17. The Morgan fingerprint density at radius 2 is 2.14 bits per heavy atom. The van der Waals surface area contributed by atoms with Gasteiger partial charge in [-0.2, -0.15) is 0 Å². The lowest BCUT2D eigenvalue weighted by atomic mass is 10.1. The molecule has 0 saturated heterocycles. The molecule has 0 radical (unpaired) electrons. The molecule has 0 aromatic rings. The van der Waals surface area contributed by atoms with Crippen LogP contribution in [-0.4, -0.2) is 18.0 Å². The van der Waals surface area contributed by atoms with E-state index in [2.05, 4.69) is 0 Å². The standard InChI is InChI=1S/C11H19ClO2/c1-9(2)11(14-10(3)13)7-5-4-6-8-12/h5,7,9,11H,4,6,8H2,1-3H3/b7-5+. The SMILES string of the molecule is CC(=O)OC(/C=C/CCCCl)C(C)C. The molecule has 14 heavy (non-hydrogen) atoms. The van der Waals surface area contributed by atoms with Crippen LogP contribution in [0.5, 0.6) is 0 Å². The summed E-state index contributed by atoms with van der Waals surface area (Å²) in [6.07, 6.45) is 5.76. The van der Waals surface area contributed by atoms with Gasteiger partial charge in [0.05, 0.1) is 0 Å². The summed E-state index contributed by atoms with van der Waals surface area (Å²) in [6.45, 7) is 5.49. The maximum atomic E-state index is 10.8. The zero-order chi connectivity index (χ0) is 11.0. The van der Waals surface area contributed by atoms with Crippen LogP contribution in [0.25, 0.3) is 0 Å². The molecule has 1 unspecified atom stereocenters. The molecule has 0 fully saturated rings. The summed E-state index contributed by atoms with van der Waals surface area (Å²) in [7, 11) is 0. The van der Waals surface area contributed by atoms with Gasteiger partial charge in [-0.1, -0.05) is 19.9 Å². The molecule has 0 saturated carbocycles. The highest BCUT2D eigenvalue weighted by atomic mass is 35.5. The van der Waals surface area contributed by atoms with E-state index in [9.17, 15) is 4.79 Å². The summed E-state index contributed by atoms with van der Waals surface area (Å²) >= 11 is 5.54. The molecule has 0 aliphatic heterocycles. The molecular weight excluding hydrogens is 200 g/mol. The van der Waals surface area contributed by atoms with E-state index in [4.69, 9.17) is 16.3 Å². The lowest BCUT2D eigenvalue weighted by Crippen LogP contribution is -2.19. The molecule has 82 valence electrons. The second-order valence-corrected chi connectivity index (χ2v) is 3.96. The van der Waals surface area contributed by atoms with Crippen molar-refractivity contribution in [1.29, 1.82) is 0 Å². The van der Waals surface area contributed by atoms with Crippen LogP contribution in [0.3, 0.4) is 0 Å². The molecule has 0 bridgehead atoms. The van der Waals surface area contributed by atoms with Crippen LogP contribution in [0.15, 0.2) is 12.2 Å². The first-order chi connectivity index (χ1) is 6.57. The quantitative estimate of drug-likeness (QED) is 0.296. The highest BCUT2D eigenvalue weighted by Gasteiger charge is 2.11. The first-order valence-electron chi connectivity index (χ1n) is 4.97. The van der Waals surface area contributed by atoms with Gasteiger partial charge in [0.25, 0.3) is 0 Å². The smallest absolute Gasteiger partial charge is 0.303 e. The van der Waals surface area contributed by atoms with Gasteiger partial charge in [-0.3, -0.25) is 4.79 Å². The maximum absolute atomic E-state index is 10.8. The van der Waals surface area contributed by atoms with Crippen molar-refractivity contribution in [2.75, 3.05) is 5.88 Å². The van der Waals surface area contributed by atoms with Crippen LogP contribution in [0, 0.1) is 5.92 Å². The number of hydrogen-bond donors (Lipinski definition) is 0. The minimum Gasteiger partial charge on any atom is -0.458 e. The molecule has 0 N–H and O–H groups in total. The molecule has 0 aliphatic rings. The summed E-state index contributed by atoms with van der Waals surface area (Å²) in [5.74, 6) is 0.751. The van der Waals surface area contributed by atoms with E-state index < -0.39 is 0 Å². The number of alkyl halides is 1. The number of unbranched alkanes of at least 4 members (excludes halogenated alkanes) is 1. The van der Waals surface area contributed by atoms with Crippen LogP contribution in [0.2, 0.25) is 0 Å². The van der Waals surface area contributed by atoms with Crippen LogP contribution in [0.1, 0.15) is 33.6 Å². The Labute approximate surface area is 91.3 Å². The molecule has 0 heterocycles. The topological polar surface area (TPSA) is 26.3 Å². The van der Waals surface area contributed by atoms with Gasteiger partial charge >= 0.3 is 5.97 Å². The Morgan fingerprint density at radius 3 is 2.57 bits per heavy atom. The minimum atomic E-state index is -0.231. The molecular formula is C11H19ClO2. The molecule has 0 aromatic heterocycles. The molecule has 0 rings (SSSR count). The van der Waals surface area contributed by atoms with Crippen LogP contribution in [-0.2, 0) is 9.53 Å². The summed E-state index contributed by atoms with van der Waals surface area (Å²) in [5.41, 5.74) is 0. The predicted molar refractivity (Wildman–Crippen MR) is 59.5 cm³/mol. The number of ether oxygens (including phenoxy) is 1. The molecule has 0 amide bonds. The Hall–Kier alpha value is -0.500. The third kappa shape index (κ3) is 6.96. The average Bonchev–Trinajstić information content (AvgIpc) is 2.09. The Balaban J connectivity index is 3.95. The van der Waals surface area contributed by atoms with E-state index in [0.29, 0.717) is 11.8 Å². The van der Waals surface area contributed by atoms with E-state index in [0.717, 1.165) is 12.8 Å². The maximum Gasteiger partial charge on any atom is 0.303 e. The summed E-state index contributed by atoms with van der Waals surface area (Å²) in [6, 6.07) is 0. The zero-order valence-electron chi connectivity index (χ0n) is 9.13. The lowest BCUT2D eigenvalue weighted by molar-refractivity contribution is -0.145.